The van der Waals surface area contributed by atoms with Gasteiger partial charge in [0.05, 0.1) is 0 Å². The second-order valence-corrected chi connectivity index (χ2v) is 3.20. The molecule has 0 saturated carbocycles. The van der Waals surface area contributed by atoms with Crippen LogP contribution in [-0.2, 0) is 0 Å². The minimum atomic E-state index is 0.251. The molecule has 0 amide bonds. The van der Waals surface area contributed by atoms with Gasteiger partial charge in [-0.15, -0.1) is 0 Å². The SMILES string of the molecule is Cc1ccn2c(C=O)c(Cl)nc2c1. The molecule has 0 aliphatic carbocycles. The van der Waals surface area contributed by atoms with E-state index in [9.17, 15) is 4.79 Å². The van der Waals surface area contributed by atoms with E-state index in [2.05, 4.69) is 4.98 Å². The molecular weight excluding hydrogens is 188 g/mol. The molecule has 0 aliphatic rings. The second kappa shape index (κ2) is 2.85. The Labute approximate surface area is 80.0 Å². The number of rotatable bonds is 1. The highest BCUT2D eigenvalue weighted by atomic mass is 35.5. The van der Waals surface area contributed by atoms with Gasteiger partial charge in [0, 0.05) is 6.20 Å². The van der Waals surface area contributed by atoms with Gasteiger partial charge in [-0.1, -0.05) is 11.6 Å². The lowest BCUT2D eigenvalue weighted by Crippen LogP contribution is -1.90. The van der Waals surface area contributed by atoms with Crippen LogP contribution in [0.4, 0.5) is 0 Å². The van der Waals surface area contributed by atoms with Gasteiger partial charge in [0.25, 0.3) is 0 Å². The van der Waals surface area contributed by atoms with E-state index in [1.54, 1.807) is 10.6 Å². The smallest absolute Gasteiger partial charge is 0.170 e. The van der Waals surface area contributed by atoms with Gasteiger partial charge in [0.2, 0.25) is 0 Å². The van der Waals surface area contributed by atoms with Crippen LogP contribution in [0.25, 0.3) is 5.65 Å². The third-order valence-electron chi connectivity index (χ3n) is 1.89. The van der Waals surface area contributed by atoms with E-state index in [1.807, 2.05) is 19.1 Å². The van der Waals surface area contributed by atoms with Gasteiger partial charge in [-0.3, -0.25) is 9.20 Å². The third-order valence-corrected chi connectivity index (χ3v) is 2.16. The number of hydrogen-bond donors (Lipinski definition) is 0. The Hall–Kier alpha value is -1.35. The maximum atomic E-state index is 10.6. The van der Waals surface area contributed by atoms with Crippen LogP contribution in [0.2, 0.25) is 5.15 Å². The maximum absolute atomic E-state index is 10.6. The first-order valence-corrected chi connectivity index (χ1v) is 4.19. The number of nitrogens with zero attached hydrogens (tertiary/aromatic N) is 2. The fourth-order valence-corrected chi connectivity index (χ4v) is 1.46. The summed E-state index contributed by atoms with van der Waals surface area (Å²) in [5, 5.41) is 0.251. The van der Waals surface area contributed by atoms with E-state index in [-0.39, 0.29) is 5.15 Å². The van der Waals surface area contributed by atoms with E-state index < -0.39 is 0 Å². The molecule has 0 aliphatic heterocycles. The Balaban J connectivity index is 2.86. The number of hydrogen-bond acceptors (Lipinski definition) is 2. The number of fused-ring (bicyclic) bond motifs is 1. The van der Waals surface area contributed by atoms with E-state index in [4.69, 9.17) is 11.6 Å². The molecule has 2 heterocycles. The summed E-state index contributed by atoms with van der Waals surface area (Å²) in [6.07, 6.45) is 2.49. The minimum absolute atomic E-state index is 0.251. The van der Waals surface area contributed by atoms with Crippen LogP contribution in [0, 0.1) is 6.92 Å². The van der Waals surface area contributed by atoms with Crippen molar-refractivity contribution in [3.8, 4) is 0 Å². The quantitative estimate of drug-likeness (QED) is 0.652. The fraction of sp³-hybridized carbons (Fsp3) is 0.111. The number of aromatic nitrogens is 2. The lowest BCUT2D eigenvalue weighted by Gasteiger charge is -1.95. The standard InChI is InChI=1S/C9H7ClN2O/c1-6-2-3-12-7(5-13)9(10)11-8(12)4-6/h2-5H,1H3. The number of carbonyl (C=O) groups excluding carboxylic acids is 1. The van der Waals surface area contributed by atoms with Gasteiger partial charge >= 0.3 is 0 Å². The number of imidazole rings is 1. The largest absolute Gasteiger partial charge is 0.296 e. The Morgan fingerprint density at radius 2 is 2.38 bits per heavy atom. The highest BCUT2D eigenvalue weighted by Gasteiger charge is 2.08. The first kappa shape index (κ1) is 8.26. The summed E-state index contributed by atoms with van der Waals surface area (Å²) < 4.78 is 1.67. The van der Waals surface area contributed by atoms with Crippen LogP contribution in [0.3, 0.4) is 0 Å². The Morgan fingerprint density at radius 1 is 1.62 bits per heavy atom. The van der Waals surface area contributed by atoms with Crippen molar-refractivity contribution in [3.63, 3.8) is 0 Å². The Morgan fingerprint density at radius 3 is 3.08 bits per heavy atom. The van der Waals surface area contributed by atoms with Crippen molar-refractivity contribution >= 4 is 23.5 Å². The average Bonchev–Trinajstić information content (AvgIpc) is 2.39. The summed E-state index contributed by atoms with van der Waals surface area (Å²) in [6.45, 7) is 1.96. The number of pyridine rings is 1. The molecule has 0 fully saturated rings. The molecule has 13 heavy (non-hydrogen) atoms. The molecule has 0 aromatic carbocycles. The lowest BCUT2D eigenvalue weighted by molar-refractivity contribution is 0.111. The van der Waals surface area contributed by atoms with Gasteiger partial charge in [-0.25, -0.2) is 4.98 Å². The highest BCUT2D eigenvalue weighted by molar-refractivity contribution is 6.31. The topological polar surface area (TPSA) is 34.4 Å². The second-order valence-electron chi connectivity index (χ2n) is 2.84. The van der Waals surface area contributed by atoms with Crippen LogP contribution >= 0.6 is 11.6 Å². The highest BCUT2D eigenvalue weighted by Crippen LogP contribution is 2.16. The maximum Gasteiger partial charge on any atom is 0.170 e. The van der Waals surface area contributed by atoms with Crippen LogP contribution < -0.4 is 0 Å². The van der Waals surface area contributed by atoms with Crippen molar-refractivity contribution in [1.82, 2.24) is 9.38 Å². The van der Waals surface area contributed by atoms with Gasteiger partial charge in [-0.05, 0) is 24.6 Å². The molecule has 0 unspecified atom stereocenters. The third kappa shape index (κ3) is 1.21. The van der Waals surface area contributed by atoms with Gasteiger partial charge in [0.15, 0.2) is 11.4 Å². The van der Waals surface area contributed by atoms with Gasteiger partial charge in [-0.2, -0.15) is 0 Å². The van der Waals surface area contributed by atoms with Gasteiger partial charge < -0.3 is 0 Å². The number of halogens is 1. The summed E-state index contributed by atoms with van der Waals surface area (Å²) in [4.78, 5) is 14.7. The van der Waals surface area contributed by atoms with Crippen molar-refractivity contribution in [1.29, 1.82) is 0 Å². The minimum Gasteiger partial charge on any atom is -0.296 e. The zero-order valence-electron chi connectivity index (χ0n) is 6.99. The predicted molar refractivity (Wildman–Crippen MR) is 50.3 cm³/mol. The van der Waals surface area contributed by atoms with E-state index in [0.717, 1.165) is 5.56 Å². The summed E-state index contributed by atoms with van der Waals surface area (Å²) >= 11 is 5.76. The van der Waals surface area contributed by atoms with Crippen molar-refractivity contribution in [2.75, 3.05) is 0 Å². The molecule has 2 aromatic heterocycles. The number of aryl methyl sites for hydroxylation is 1. The monoisotopic (exact) mass is 194 g/mol. The van der Waals surface area contributed by atoms with Crippen LogP contribution in [-0.4, -0.2) is 15.7 Å². The van der Waals surface area contributed by atoms with E-state index in [0.29, 0.717) is 17.6 Å². The normalized spacial score (nSPS) is 10.6. The van der Waals surface area contributed by atoms with Crippen LogP contribution in [0.15, 0.2) is 18.3 Å². The van der Waals surface area contributed by atoms with E-state index >= 15 is 0 Å². The Bertz CT molecular complexity index is 476. The molecule has 2 aromatic rings. The lowest BCUT2D eigenvalue weighted by atomic mass is 10.3. The molecule has 0 atom stereocenters. The summed E-state index contributed by atoms with van der Waals surface area (Å²) in [5.41, 5.74) is 2.19. The molecule has 3 nitrogen and oxygen atoms in total. The summed E-state index contributed by atoms with van der Waals surface area (Å²) in [6, 6.07) is 3.77. The number of aldehydes is 1. The molecule has 0 bridgehead atoms. The summed E-state index contributed by atoms with van der Waals surface area (Å²) in [7, 11) is 0. The van der Waals surface area contributed by atoms with Crippen molar-refractivity contribution < 1.29 is 4.79 Å². The first-order chi connectivity index (χ1) is 6.22. The van der Waals surface area contributed by atoms with Crippen molar-refractivity contribution in [2.45, 2.75) is 6.92 Å². The molecule has 2 rings (SSSR count). The zero-order valence-corrected chi connectivity index (χ0v) is 7.75. The molecule has 66 valence electrons. The summed E-state index contributed by atoms with van der Waals surface area (Å²) in [5.74, 6) is 0. The number of carbonyl (C=O) groups is 1. The fourth-order valence-electron chi connectivity index (χ4n) is 1.24. The predicted octanol–water partition coefficient (Wildman–Crippen LogP) is 2.11. The zero-order chi connectivity index (χ0) is 9.42. The van der Waals surface area contributed by atoms with Crippen LogP contribution in [0.1, 0.15) is 16.1 Å². The molecule has 4 heteroatoms. The molecule has 0 saturated heterocycles. The van der Waals surface area contributed by atoms with Gasteiger partial charge in [0.1, 0.15) is 11.3 Å². The average molecular weight is 195 g/mol. The molecular formula is C9H7ClN2O. The van der Waals surface area contributed by atoms with Crippen LogP contribution in [0.5, 0.6) is 0 Å². The first-order valence-electron chi connectivity index (χ1n) is 3.82. The van der Waals surface area contributed by atoms with E-state index in [1.165, 1.54) is 0 Å². The Kier molecular flexibility index (Phi) is 1.81. The molecule has 0 spiro atoms. The molecule has 0 N–H and O–H groups in total. The van der Waals surface area contributed by atoms with Crippen molar-refractivity contribution in [2.24, 2.45) is 0 Å². The van der Waals surface area contributed by atoms with Crippen molar-refractivity contribution in [3.05, 3.63) is 34.7 Å². The molecule has 0 radical (unpaired) electrons.